The van der Waals surface area contributed by atoms with Crippen LogP contribution in [0.25, 0.3) is 0 Å². The minimum Gasteiger partial charge on any atom is -0.508 e. The molecule has 28 heavy (non-hydrogen) atoms. The topological polar surface area (TPSA) is 43.8 Å². The third-order valence-electron chi connectivity index (χ3n) is 6.10. The maximum atomic E-state index is 14.9. The fourth-order valence-corrected chi connectivity index (χ4v) is 4.44. The molecule has 4 nitrogen and oxygen atoms in total. The lowest BCUT2D eigenvalue weighted by molar-refractivity contribution is -0.133. The molecule has 2 aromatic rings. The third kappa shape index (κ3) is 3.90. The molecule has 0 radical (unpaired) electrons. The molecule has 2 aliphatic rings. The summed E-state index contributed by atoms with van der Waals surface area (Å²) in [6.07, 6.45) is 0.451. The van der Waals surface area contributed by atoms with Crippen LogP contribution >= 0.6 is 0 Å². The van der Waals surface area contributed by atoms with Gasteiger partial charge in [0.25, 0.3) is 0 Å². The van der Waals surface area contributed by atoms with Crippen LogP contribution in [0.1, 0.15) is 35.4 Å². The van der Waals surface area contributed by atoms with Gasteiger partial charge in [-0.3, -0.25) is 9.69 Å². The Balaban J connectivity index is 1.37. The molecular formula is C23H27FN2O2. The molecule has 2 saturated heterocycles. The van der Waals surface area contributed by atoms with E-state index in [1.165, 1.54) is 5.56 Å². The van der Waals surface area contributed by atoms with Gasteiger partial charge in [-0.25, -0.2) is 4.39 Å². The van der Waals surface area contributed by atoms with E-state index < -0.39 is 6.17 Å². The van der Waals surface area contributed by atoms with Crippen LogP contribution in [-0.2, 0) is 11.3 Å². The van der Waals surface area contributed by atoms with Crippen molar-refractivity contribution in [3.8, 4) is 5.75 Å². The second-order valence-corrected chi connectivity index (χ2v) is 8.05. The first-order chi connectivity index (χ1) is 13.5. The van der Waals surface area contributed by atoms with Gasteiger partial charge in [-0.05, 0) is 49.6 Å². The molecule has 0 bridgehead atoms. The van der Waals surface area contributed by atoms with Crippen LogP contribution in [0.15, 0.2) is 48.5 Å². The van der Waals surface area contributed by atoms with Crippen molar-refractivity contribution in [1.29, 1.82) is 0 Å². The smallest absolute Gasteiger partial charge is 0.240 e. The molecular weight excluding hydrogens is 355 g/mol. The summed E-state index contributed by atoms with van der Waals surface area (Å²) in [4.78, 5) is 16.8. The Morgan fingerprint density at radius 3 is 2.43 bits per heavy atom. The highest BCUT2D eigenvalue weighted by atomic mass is 19.1. The summed E-state index contributed by atoms with van der Waals surface area (Å²) in [6, 6.07) is 14.9. The molecule has 4 rings (SSSR count). The zero-order chi connectivity index (χ0) is 19.7. The van der Waals surface area contributed by atoms with Gasteiger partial charge < -0.3 is 10.0 Å². The lowest BCUT2D eigenvalue weighted by Gasteiger charge is -2.37. The Labute approximate surface area is 165 Å². The van der Waals surface area contributed by atoms with Crippen molar-refractivity contribution in [3.63, 3.8) is 0 Å². The average molecular weight is 382 g/mol. The highest BCUT2D eigenvalue weighted by molar-refractivity contribution is 5.84. The second kappa shape index (κ2) is 7.92. The minimum absolute atomic E-state index is 0.121. The van der Waals surface area contributed by atoms with Crippen LogP contribution in [0.5, 0.6) is 5.75 Å². The molecule has 5 heteroatoms. The van der Waals surface area contributed by atoms with E-state index in [-0.39, 0.29) is 23.6 Å². The summed E-state index contributed by atoms with van der Waals surface area (Å²) in [5.41, 5.74) is 3.26. The summed E-state index contributed by atoms with van der Waals surface area (Å²) in [7, 11) is 0. The summed E-state index contributed by atoms with van der Waals surface area (Å²) in [6.45, 7) is 4.42. The molecule has 0 spiro atoms. The Hall–Kier alpha value is -2.40. The summed E-state index contributed by atoms with van der Waals surface area (Å²) in [5, 5.41) is 9.44. The molecule has 3 atom stereocenters. The van der Waals surface area contributed by atoms with Gasteiger partial charge >= 0.3 is 0 Å². The standard InChI is InChI=1S/C23H27FN2O2/c1-16-2-4-17(5-3-16)14-26-13-11-22(23(26)28)25-12-10-20(21(24)15-25)18-6-8-19(27)9-7-18/h2-9,20-22,27H,10-15H2,1H3/t20-,21+,22-/m0/s1. The second-order valence-electron chi connectivity index (χ2n) is 8.05. The van der Waals surface area contributed by atoms with Gasteiger partial charge in [-0.2, -0.15) is 0 Å². The SMILES string of the molecule is Cc1ccc(CN2CC[C@H](N3CC[C@@H](c4ccc(O)cc4)[C@H](F)C3)C2=O)cc1. The molecule has 0 unspecified atom stereocenters. The van der Waals surface area contributed by atoms with Crippen molar-refractivity contribution in [2.24, 2.45) is 0 Å². The number of halogens is 1. The van der Waals surface area contributed by atoms with Crippen LogP contribution in [-0.4, -0.2) is 52.7 Å². The van der Waals surface area contributed by atoms with Crippen molar-refractivity contribution in [2.45, 2.75) is 44.4 Å². The van der Waals surface area contributed by atoms with Gasteiger partial charge in [0.05, 0.1) is 6.04 Å². The van der Waals surface area contributed by atoms with E-state index in [1.54, 1.807) is 24.3 Å². The largest absolute Gasteiger partial charge is 0.508 e. The number of phenolic OH excluding ortho intramolecular Hbond substituents is 1. The van der Waals surface area contributed by atoms with Crippen molar-refractivity contribution in [1.82, 2.24) is 9.80 Å². The summed E-state index contributed by atoms with van der Waals surface area (Å²) in [5.74, 6) is 0.148. The molecule has 0 aromatic heterocycles. The number of aromatic hydroxyl groups is 1. The molecule has 2 heterocycles. The number of carbonyl (C=O) groups excluding carboxylic acids is 1. The number of carbonyl (C=O) groups is 1. The first-order valence-electron chi connectivity index (χ1n) is 10.0. The molecule has 2 fully saturated rings. The number of hydrogen-bond acceptors (Lipinski definition) is 3. The predicted molar refractivity (Wildman–Crippen MR) is 107 cm³/mol. The zero-order valence-electron chi connectivity index (χ0n) is 16.2. The third-order valence-corrected chi connectivity index (χ3v) is 6.10. The Morgan fingerprint density at radius 2 is 1.75 bits per heavy atom. The number of aryl methyl sites for hydroxylation is 1. The van der Waals surface area contributed by atoms with Gasteiger partial charge in [0, 0.05) is 25.6 Å². The number of phenols is 1. The van der Waals surface area contributed by atoms with E-state index in [2.05, 4.69) is 31.2 Å². The summed E-state index contributed by atoms with van der Waals surface area (Å²) < 4.78 is 14.9. The van der Waals surface area contributed by atoms with E-state index >= 15 is 0 Å². The zero-order valence-corrected chi connectivity index (χ0v) is 16.2. The number of alkyl halides is 1. The summed E-state index contributed by atoms with van der Waals surface area (Å²) >= 11 is 0. The number of amides is 1. The first kappa shape index (κ1) is 18.9. The van der Waals surface area contributed by atoms with E-state index in [4.69, 9.17) is 0 Å². The van der Waals surface area contributed by atoms with Crippen LogP contribution < -0.4 is 0 Å². The number of piperidine rings is 1. The first-order valence-corrected chi connectivity index (χ1v) is 10.0. The Bertz CT molecular complexity index is 822. The maximum absolute atomic E-state index is 14.9. The van der Waals surface area contributed by atoms with Crippen molar-refractivity contribution < 1.29 is 14.3 Å². The van der Waals surface area contributed by atoms with Crippen molar-refractivity contribution in [3.05, 3.63) is 65.2 Å². The molecule has 0 saturated carbocycles. The molecule has 0 aliphatic carbocycles. The monoisotopic (exact) mass is 382 g/mol. The van der Waals surface area contributed by atoms with E-state index in [0.29, 0.717) is 19.5 Å². The number of hydrogen-bond donors (Lipinski definition) is 1. The predicted octanol–water partition coefficient (Wildman–Crippen LogP) is 3.63. The fraction of sp³-hybridized carbons (Fsp3) is 0.435. The molecule has 1 N–H and O–H groups in total. The minimum atomic E-state index is -1.00. The highest BCUT2D eigenvalue weighted by Gasteiger charge is 2.40. The van der Waals surface area contributed by atoms with Gasteiger partial charge in [-0.15, -0.1) is 0 Å². The van der Waals surface area contributed by atoms with Gasteiger partial charge in [0.2, 0.25) is 5.91 Å². The van der Waals surface area contributed by atoms with Gasteiger partial charge in [0.1, 0.15) is 11.9 Å². The van der Waals surface area contributed by atoms with Crippen LogP contribution in [0.2, 0.25) is 0 Å². The van der Waals surface area contributed by atoms with E-state index in [9.17, 15) is 14.3 Å². The number of benzene rings is 2. The van der Waals surface area contributed by atoms with Crippen molar-refractivity contribution >= 4 is 5.91 Å². The van der Waals surface area contributed by atoms with Crippen LogP contribution in [0.4, 0.5) is 4.39 Å². The number of rotatable bonds is 4. The molecule has 2 aromatic carbocycles. The normalized spacial score (nSPS) is 26.0. The van der Waals surface area contributed by atoms with Crippen molar-refractivity contribution in [2.75, 3.05) is 19.6 Å². The lowest BCUT2D eigenvalue weighted by atomic mass is 9.87. The molecule has 2 aliphatic heterocycles. The number of likely N-dealkylation sites (tertiary alicyclic amines) is 2. The highest BCUT2D eigenvalue weighted by Crippen LogP contribution is 2.33. The van der Waals surface area contributed by atoms with E-state index in [1.807, 2.05) is 9.80 Å². The average Bonchev–Trinajstić information content (AvgIpc) is 3.05. The molecule has 148 valence electrons. The lowest BCUT2D eigenvalue weighted by Crippen LogP contribution is -2.49. The maximum Gasteiger partial charge on any atom is 0.240 e. The van der Waals surface area contributed by atoms with Crippen LogP contribution in [0, 0.1) is 6.92 Å². The fourth-order valence-electron chi connectivity index (χ4n) is 4.44. The van der Waals surface area contributed by atoms with Crippen LogP contribution in [0.3, 0.4) is 0 Å². The number of nitrogens with zero attached hydrogens (tertiary/aromatic N) is 2. The Kier molecular flexibility index (Phi) is 5.36. The van der Waals surface area contributed by atoms with Gasteiger partial charge in [0.15, 0.2) is 0 Å². The quantitative estimate of drug-likeness (QED) is 0.878. The molecule has 1 amide bonds. The Morgan fingerprint density at radius 1 is 1.04 bits per heavy atom. The van der Waals surface area contributed by atoms with Gasteiger partial charge in [-0.1, -0.05) is 42.0 Å². The van der Waals surface area contributed by atoms with E-state index in [0.717, 1.165) is 30.6 Å².